The molecular weight excluding hydrogens is 320 g/mol. The summed E-state index contributed by atoms with van der Waals surface area (Å²) in [7, 11) is 0. The third kappa shape index (κ3) is 2.85. The van der Waals surface area contributed by atoms with Crippen LogP contribution in [-0.4, -0.2) is 11.8 Å². The third-order valence-corrected chi connectivity index (χ3v) is 3.95. The zero-order chi connectivity index (χ0) is 17.2. The number of benzene rings is 2. The van der Waals surface area contributed by atoms with E-state index in [1.165, 1.54) is 12.3 Å². The van der Waals surface area contributed by atoms with Crippen molar-refractivity contribution < 1.29 is 18.4 Å². The lowest BCUT2D eigenvalue weighted by atomic mass is 10.0. The first-order valence-electron chi connectivity index (χ1n) is 7.73. The highest BCUT2D eigenvalue weighted by atomic mass is 16.3. The molecule has 2 amide bonds. The Hall–Kier alpha value is -3.54. The average molecular weight is 334 g/mol. The molecule has 2 N–H and O–H groups in total. The van der Waals surface area contributed by atoms with Crippen LogP contribution < -0.4 is 10.9 Å². The lowest BCUT2D eigenvalue weighted by Crippen LogP contribution is -2.42. The molecule has 6 heteroatoms. The van der Waals surface area contributed by atoms with Gasteiger partial charge in [0, 0.05) is 10.9 Å². The number of carbonyl (C=O) groups is 2. The molecule has 0 aliphatic rings. The van der Waals surface area contributed by atoms with Gasteiger partial charge in [0.1, 0.15) is 5.58 Å². The van der Waals surface area contributed by atoms with Crippen molar-refractivity contribution in [2.24, 2.45) is 0 Å². The summed E-state index contributed by atoms with van der Waals surface area (Å²) in [4.78, 5) is 23.9. The van der Waals surface area contributed by atoms with Gasteiger partial charge in [-0.3, -0.25) is 20.4 Å². The van der Waals surface area contributed by atoms with Crippen molar-refractivity contribution in [3.05, 3.63) is 72.4 Å². The second-order valence-corrected chi connectivity index (χ2v) is 5.58. The molecule has 0 spiro atoms. The Bertz CT molecular complexity index is 1060. The van der Waals surface area contributed by atoms with E-state index in [4.69, 9.17) is 8.83 Å². The molecular formula is C19H14N2O4. The maximum atomic E-state index is 12.2. The van der Waals surface area contributed by atoms with Crippen LogP contribution in [0, 0.1) is 0 Å². The number of rotatable bonds is 3. The Balaban J connectivity index is 1.53. The molecule has 0 bridgehead atoms. The van der Waals surface area contributed by atoms with Gasteiger partial charge in [0.05, 0.1) is 18.9 Å². The second kappa shape index (κ2) is 6.16. The second-order valence-electron chi connectivity index (χ2n) is 5.58. The van der Waals surface area contributed by atoms with E-state index < -0.39 is 5.91 Å². The van der Waals surface area contributed by atoms with Gasteiger partial charge < -0.3 is 8.83 Å². The van der Waals surface area contributed by atoms with Crippen molar-refractivity contribution in [2.75, 3.05) is 0 Å². The first kappa shape index (κ1) is 15.0. The number of carbonyl (C=O) groups excluding carboxylic acids is 2. The molecule has 4 rings (SSSR count). The van der Waals surface area contributed by atoms with Gasteiger partial charge >= 0.3 is 5.91 Å². The molecule has 0 fully saturated rings. The highest BCUT2D eigenvalue weighted by Crippen LogP contribution is 2.29. The predicted octanol–water partition coefficient (Wildman–Crippen LogP) is 3.18. The Labute approximate surface area is 142 Å². The minimum atomic E-state index is -0.513. The fourth-order valence-corrected chi connectivity index (χ4v) is 2.82. The summed E-state index contributed by atoms with van der Waals surface area (Å²) < 4.78 is 10.5. The van der Waals surface area contributed by atoms with E-state index in [2.05, 4.69) is 10.9 Å². The van der Waals surface area contributed by atoms with Gasteiger partial charge in [-0.1, -0.05) is 30.3 Å². The molecule has 2 aromatic carbocycles. The summed E-state index contributed by atoms with van der Waals surface area (Å²) in [5.41, 5.74) is 6.19. The number of hydrazine groups is 1. The number of fused-ring (bicyclic) bond motifs is 3. The summed E-state index contributed by atoms with van der Waals surface area (Å²) in [6.45, 7) is 0. The molecule has 25 heavy (non-hydrogen) atoms. The van der Waals surface area contributed by atoms with E-state index in [9.17, 15) is 9.59 Å². The van der Waals surface area contributed by atoms with E-state index in [1.54, 1.807) is 12.3 Å². The van der Waals surface area contributed by atoms with Crippen LogP contribution in [0.25, 0.3) is 21.7 Å². The van der Waals surface area contributed by atoms with Gasteiger partial charge in [-0.2, -0.15) is 0 Å². The smallest absolute Gasteiger partial charge is 0.305 e. The number of hydrogen-bond donors (Lipinski definition) is 2. The zero-order valence-electron chi connectivity index (χ0n) is 13.1. The van der Waals surface area contributed by atoms with Crippen molar-refractivity contribution in [1.82, 2.24) is 10.9 Å². The van der Waals surface area contributed by atoms with Crippen LogP contribution in [0.4, 0.5) is 0 Å². The molecule has 6 nitrogen and oxygen atoms in total. The summed E-state index contributed by atoms with van der Waals surface area (Å²) in [6.07, 6.45) is 3.05. The van der Waals surface area contributed by atoms with Crippen LogP contribution in [0.2, 0.25) is 0 Å². The maximum Gasteiger partial charge on any atom is 0.305 e. The van der Waals surface area contributed by atoms with Crippen LogP contribution in [0.1, 0.15) is 16.1 Å². The van der Waals surface area contributed by atoms with Crippen LogP contribution >= 0.6 is 0 Å². The zero-order valence-corrected chi connectivity index (χ0v) is 13.1. The standard InChI is InChI=1S/C19H14N2O4/c22-17(20-21-19(23)16-6-3-9-24-16)10-13-11-25-15-8-7-12-4-1-2-5-14(12)18(13)15/h1-9,11H,10H2,(H,20,22)(H,21,23). The Morgan fingerprint density at radius 3 is 2.64 bits per heavy atom. The number of nitrogens with one attached hydrogen (secondary N) is 2. The van der Waals surface area contributed by atoms with Crippen LogP contribution in [-0.2, 0) is 11.2 Å². The molecule has 0 unspecified atom stereocenters. The Morgan fingerprint density at radius 1 is 0.920 bits per heavy atom. The van der Waals surface area contributed by atoms with Crippen LogP contribution in [0.15, 0.2) is 69.9 Å². The number of furan rings is 2. The van der Waals surface area contributed by atoms with Gasteiger partial charge in [-0.05, 0) is 29.0 Å². The minimum Gasteiger partial charge on any atom is -0.464 e. The highest BCUT2D eigenvalue weighted by molar-refractivity contribution is 6.08. The fourth-order valence-electron chi connectivity index (χ4n) is 2.82. The van der Waals surface area contributed by atoms with E-state index in [-0.39, 0.29) is 18.1 Å². The lowest BCUT2D eigenvalue weighted by Gasteiger charge is -2.06. The molecule has 2 heterocycles. The van der Waals surface area contributed by atoms with Crippen LogP contribution in [0.5, 0.6) is 0 Å². The Kier molecular flexibility index (Phi) is 3.70. The van der Waals surface area contributed by atoms with E-state index >= 15 is 0 Å². The molecule has 0 aliphatic carbocycles. The van der Waals surface area contributed by atoms with Crippen molar-refractivity contribution in [2.45, 2.75) is 6.42 Å². The van der Waals surface area contributed by atoms with Gasteiger partial charge in [0.25, 0.3) is 0 Å². The van der Waals surface area contributed by atoms with Gasteiger partial charge in [0.15, 0.2) is 5.76 Å². The average Bonchev–Trinajstić information content (AvgIpc) is 3.30. The summed E-state index contributed by atoms with van der Waals surface area (Å²) in [6, 6.07) is 14.9. The predicted molar refractivity (Wildman–Crippen MR) is 91.7 cm³/mol. The van der Waals surface area contributed by atoms with Gasteiger partial charge in [-0.15, -0.1) is 0 Å². The highest BCUT2D eigenvalue weighted by Gasteiger charge is 2.14. The van der Waals surface area contributed by atoms with Gasteiger partial charge in [-0.25, -0.2) is 0 Å². The molecule has 0 radical (unpaired) electrons. The normalized spacial score (nSPS) is 10.9. The molecule has 0 saturated carbocycles. The topological polar surface area (TPSA) is 84.5 Å². The molecule has 2 aromatic heterocycles. The summed E-state index contributed by atoms with van der Waals surface area (Å²) in [5.74, 6) is -0.739. The number of hydrogen-bond acceptors (Lipinski definition) is 4. The van der Waals surface area contributed by atoms with Crippen molar-refractivity contribution in [3.63, 3.8) is 0 Å². The lowest BCUT2D eigenvalue weighted by molar-refractivity contribution is -0.121. The van der Waals surface area contributed by atoms with Crippen molar-refractivity contribution in [1.29, 1.82) is 0 Å². The molecule has 0 aliphatic heterocycles. The monoisotopic (exact) mass is 334 g/mol. The summed E-state index contributed by atoms with van der Waals surface area (Å²) >= 11 is 0. The largest absolute Gasteiger partial charge is 0.464 e. The SMILES string of the molecule is O=C(Cc1coc2ccc3ccccc3c12)NNC(=O)c1ccco1. The Morgan fingerprint density at radius 2 is 1.80 bits per heavy atom. The van der Waals surface area contributed by atoms with E-state index in [0.29, 0.717) is 0 Å². The first-order chi connectivity index (χ1) is 12.2. The molecule has 0 saturated heterocycles. The first-order valence-corrected chi connectivity index (χ1v) is 7.73. The van der Waals surface area contributed by atoms with Gasteiger partial charge in [0.2, 0.25) is 5.91 Å². The van der Waals surface area contributed by atoms with Crippen molar-refractivity contribution in [3.8, 4) is 0 Å². The molecule has 0 atom stereocenters. The van der Waals surface area contributed by atoms with E-state index in [0.717, 1.165) is 27.3 Å². The quantitative estimate of drug-likeness (QED) is 0.564. The minimum absolute atomic E-state index is 0.0828. The molecule has 124 valence electrons. The maximum absolute atomic E-state index is 12.2. The number of amides is 2. The summed E-state index contributed by atoms with van der Waals surface area (Å²) in [5, 5.41) is 3.01. The van der Waals surface area contributed by atoms with Crippen LogP contribution in [0.3, 0.4) is 0 Å². The van der Waals surface area contributed by atoms with Crippen molar-refractivity contribution >= 4 is 33.6 Å². The third-order valence-electron chi connectivity index (χ3n) is 3.95. The fraction of sp³-hybridized carbons (Fsp3) is 0.0526. The van der Waals surface area contributed by atoms with E-state index in [1.807, 2.05) is 36.4 Å². The molecule has 4 aromatic rings.